The molecule has 0 N–H and O–H groups in total. The van der Waals surface area contributed by atoms with Crippen molar-refractivity contribution in [1.82, 2.24) is 9.21 Å². The van der Waals surface area contributed by atoms with E-state index in [0.717, 1.165) is 0 Å². The second-order valence-corrected chi connectivity index (χ2v) is 8.39. The van der Waals surface area contributed by atoms with E-state index in [1.54, 1.807) is 6.92 Å². The predicted octanol–water partition coefficient (Wildman–Crippen LogP) is 1.82. The normalized spacial score (nSPS) is 20.2. The molecule has 2 aliphatic heterocycles. The topological polar surface area (TPSA) is 74.8 Å². The Kier molecular flexibility index (Phi) is 4.16. The molecule has 0 aromatic heterocycles. The summed E-state index contributed by atoms with van der Waals surface area (Å²) >= 11 is 11.9. The summed E-state index contributed by atoms with van der Waals surface area (Å²) in [5.41, 5.74) is 0.608. The molecule has 9 heteroatoms. The van der Waals surface area contributed by atoms with Gasteiger partial charge in [-0.1, -0.05) is 23.2 Å². The van der Waals surface area contributed by atoms with Crippen molar-refractivity contribution >= 4 is 45.0 Å². The third-order valence-corrected chi connectivity index (χ3v) is 6.82. The second-order valence-electron chi connectivity index (χ2n) is 5.67. The maximum Gasteiger partial charge on any atom is 0.244 e. The molecule has 0 saturated carbocycles. The van der Waals surface area contributed by atoms with Crippen LogP contribution < -0.4 is 0 Å². The van der Waals surface area contributed by atoms with Crippen LogP contribution in [0.2, 0.25) is 10.0 Å². The van der Waals surface area contributed by atoms with Crippen LogP contribution in [0.4, 0.5) is 0 Å². The van der Waals surface area contributed by atoms with Crippen LogP contribution in [0.15, 0.2) is 17.0 Å². The Labute approximate surface area is 144 Å². The number of halogens is 2. The number of carbonyl (C=O) groups excluding carboxylic acids is 2. The van der Waals surface area contributed by atoms with Gasteiger partial charge in [-0.2, -0.15) is 4.31 Å². The number of likely N-dealkylation sites (tertiary alicyclic amines) is 1. The number of amides is 2. The molecule has 1 aromatic carbocycles. The fourth-order valence-electron chi connectivity index (χ4n) is 2.74. The summed E-state index contributed by atoms with van der Waals surface area (Å²) in [6, 6.07) is 2.44. The predicted molar refractivity (Wildman–Crippen MR) is 84.8 cm³/mol. The zero-order chi connectivity index (χ0) is 16.9. The van der Waals surface area contributed by atoms with Crippen LogP contribution in [0, 0.1) is 6.92 Å². The number of carbonyl (C=O) groups is 2. The summed E-state index contributed by atoms with van der Waals surface area (Å²) in [5.74, 6) is -0.477. The molecule has 6 nitrogen and oxygen atoms in total. The molecule has 0 spiro atoms. The molecule has 2 aliphatic rings. The molecule has 1 aromatic rings. The minimum atomic E-state index is -3.78. The molecule has 0 unspecified atom stereocenters. The molecule has 0 radical (unpaired) electrons. The molecular formula is C14H14Cl2N2O4S. The van der Waals surface area contributed by atoms with Crippen molar-refractivity contribution in [2.45, 2.75) is 30.7 Å². The Morgan fingerprint density at radius 1 is 1.04 bits per heavy atom. The quantitative estimate of drug-likeness (QED) is 0.754. The molecular weight excluding hydrogens is 363 g/mol. The van der Waals surface area contributed by atoms with Crippen LogP contribution in [0.1, 0.15) is 18.4 Å². The van der Waals surface area contributed by atoms with E-state index in [4.69, 9.17) is 23.2 Å². The molecule has 2 fully saturated rings. The smallest absolute Gasteiger partial charge is 0.244 e. The Morgan fingerprint density at radius 2 is 1.61 bits per heavy atom. The van der Waals surface area contributed by atoms with Crippen molar-refractivity contribution < 1.29 is 18.0 Å². The highest BCUT2D eigenvalue weighted by atomic mass is 35.5. The van der Waals surface area contributed by atoms with Gasteiger partial charge in [-0.25, -0.2) is 8.42 Å². The standard InChI is InChI=1S/C14H14Cl2N2O4S/c1-8-4-12(11(16)5-10(8)15)23(21,22)17-6-9(7-17)18-13(19)2-3-14(18)20/h4-5,9H,2-3,6-7H2,1H3. The monoisotopic (exact) mass is 376 g/mol. The minimum Gasteiger partial charge on any atom is -0.277 e. The molecule has 2 heterocycles. The van der Waals surface area contributed by atoms with E-state index >= 15 is 0 Å². The fourth-order valence-corrected chi connectivity index (χ4v) is 5.07. The third-order valence-electron chi connectivity index (χ3n) is 4.12. The first-order valence-corrected chi connectivity index (χ1v) is 9.22. The lowest BCUT2D eigenvalue weighted by Crippen LogP contribution is -2.62. The Hall–Kier alpha value is -1.15. The zero-order valence-electron chi connectivity index (χ0n) is 12.3. The van der Waals surface area contributed by atoms with Gasteiger partial charge in [0.25, 0.3) is 0 Å². The van der Waals surface area contributed by atoms with Crippen LogP contribution in [0.3, 0.4) is 0 Å². The first-order valence-electron chi connectivity index (χ1n) is 7.02. The van der Waals surface area contributed by atoms with Crippen LogP contribution in [-0.2, 0) is 19.6 Å². The van der Waals surface area contributed by atoms with E-state index in [2.05, 4.69) is 0 Å². The van der Waals surface area contributed by atoms with Crippen LogP contribution >= 0.6 is 23.2 Å². The van der Waals surface area contributed by atoms with Gasteiger partial charge in [0.1, 0.15) is 4.90 Å². The summed E-state index contributed by atoms with van der Waals surface area (Å²) in [7, 11) is -3.78. The zero-order valence-corrected chi connectivity index (χ0v) is 14.6. The van der Waals surface area contributed by atoms with Gasteiger partial charge < -0.3 is 0 Å². The Bertz CT molecular complexity index is 787. The SMILES string of the molecule is Cc1cc(S(=O)(=O)N2CC(N3C(=O)CCC3=O)C2)c(Cl)cc1Cl. The lowest BCUT2D eigenvalue weighted by Gasteiger charge is -2.42. The van der Waals surface area contributed by atoms with Crippen molar-refractivity contribution in [3.63, 3.8) is 0 Å². The number of nitrogens with zero attached hydrogens (tertiary/aromatic N) is 2. The Morgan fingerprint density at radius 3 is 2.17 bits per heavy atom. The van der Waals surface area contributed by atoms with Gasteiger partial charge in [-0.15, -0.1) is 0 Å². The maximum absolute atomic E-state index is 12.6. The van der Waals surface area contributed by atoms with Crippen LogP contribution in [0.25, 0.3) is 0 Å². The summed E-state index contributed by atoms with van der Waals surface area (Å²) in [4.78, 5) is 24.5. The largest absolute Gasteiger partial charge is 0.277 e. The van der Waals surface area contributed by atoms with Crippen molar-refractivity contribution in [2.75, 3.05) is 13.1 Å². The maximum atomic E-state index is 12.6. The van der Waals surface area contributed by atoms with E-state index in [9.17, 15) is 18.0 Å². The molecule has 0 aliphatic carbocycles. The summed E-state index contributed by atoms with van der Waals surface area (Å²) in [6.07, 6.45) is 0.397. The number of hydrogen-bond donors (Lipinski definition) is 0. The highest BCUT2D eigenvalue weighted by Crippen LogP contribution is 2.33. The summed E-state index contributed by atoms with van der Waals surface area (Å²) < 4.78 is 26.5. The highest BCUT2D eigenvalue weighted by molar-refractivity contribution is 7.89. The lowest BCUT2D eigenvalue weighted by molar-refractivity contribution is -0.143. The van der Waals surface area contributed by atoms with Crippen molar-refractivity contribution in [1.29, 1.82) is 0 Å². The number of hydrogen-bond acceptors (Lipinski definition) is 4. The Balaban J connectivity index is 1.80. The fraction of sp³-hybridized carbons (Fsp3) is 0.429. The van der Waals surface area contributed by atoms with Gasteiger partial charge in [0.15, 0.2) is 0 Å². The second kappa shape index (κ2) is 5.73. The number of sulfonamides is 1. The van der Waals surface area contributed by atoms with Crippen molar-refractivity contribution in [3.05, 3.63) is 27.7 Å². The van der Waals surface area contributed by atoms with Gasteiger partial charge in [0, 0.05) is 31.0 Å². The van der Waals surface area contributed by atoms with Gasteiger partial charge in [-0.05, 0) is 24.6 Å². The van der Waals surface area contributed by atoms with Crippen molar-refractivity contribution in [3.8, 4) is 0 Å². The van der Waals surface area contributed by atoms with Gasteiger partial charge in [0.05, 0.1) is 11.1 Å². The average Bonchev–Trinajstić information content (AvgIpc) is 2.73. The summed E-state index contributed by atoms with van der Waals surface area (Å²) in [5, 5.41) is 0.445. The first-order chi connectivity index (χ1) is 10.7. The van der Waals surface area contributed by atoms with E-state index in [-0.39, 0.29) is 53.7 Å². The van der Waals surface area contributed by atoms with Gasteiger partial charge in [0.2, 0.25) is 21.8 Å². The van der Waals surface area contributed by atoms with E-state index in [1.807, 2.05) is 0 Å². The summed E-state index contributed by atoms with van der Waals surface area (Å²) in [6.45, 7) is 1.88. The van der Waals surface area contributed by atoms with Gasteiger partial charge >= 0.3 is 0 Å². The molecule has 0 bridgehead atoms. The van der Waals surface area contributed by atoms with Gasteiger partial charge in [-0.3, -0.25) is 14.5 Å². The third kappa shape index (κ3) is 2.76. The molecule has 23 heavy (non-hydrogen) atoms. The molecule has 0 atom stereocenters. The lowest BCUT2D eigenvalue weighted by atomic mass is 10.1. The number of benzene rings is 1. The van der Waals surface area contributed by atoms with Crippen LogP contribution in [-0.4, -0.2) is 48.6 Å². The van der Waals surface area contributed by atoms with E-state index in [1.165, 1.54) is 21.3 Å². The van der Waals surface area contributed by atoms with E-state index in [0.29, 0.717) is 10.6 Å². The molecule has 2 saturated heterocycles. The molecule has 124 valence electrons. The minimum absolute atomic E-state index is 0.0152. The number of aryl methyl sites for hydroxylation is 1. The first kappa shape index (κ1) is 16.7. The average molecular weight is 377 g/mol. The van der Waals surface area contributed by atoms with E-state index < -0.39 is 10.0 Å². The molecule has 2 amide bonds. The number of rotatable bonds is 3. The van der Waals surface area contributed by atoms with Crippen molar-refractivity contribution in [2.24, 2.45) is 0 Å². The highest BCUT2D eigenvalue weighted by Gasteiger charge is 2.45. The number of imide groups is 1. The van der Waals surface area contributed by atoms with Crippen LogP contribution in [0.5, 0.6) is 0 Å². The molecule has 3 rings (SSSR count).